The summed E-state index contributed by atoms with van der Waals surface area (Å²) in [5.41, 5.74) is 4.39. The fourth-order valence-electron chi connectivity index (χ4n) is 3.90. The van der Waals surface area contributed by atoms with Gasteiger partial charge in [-0.2, -0.15) is 0 Å². The highest BCUT2D eigenvalue weighted by Gasteiger charge is 2.43. The monoisotopic (exact) mass is 386 g/mol. The van der Waals surface area contributed by atoms with Gasteiger partial charge in [0.15, 0.2) is 5.78 Å². The van der Waals surface area contributed by atoms with Crippen LogP contribution in [0.3, 0.4) is 0 Å². The van der Waals surface area contributed by atoms with E-state index in [1.54, 1.807) is 25.4 Å². The molecule has 1 N–H and O–H groups in total. The molecule has 1 unspecified atom stereocenters. The molecule has 0 fully saturated rings. The number of pyridine rings is 1. The molecule has 5 nitrogen and oxygen atoms in total. The summed E-state index contributed by atoms with van der Waals surface area (Å²) in [6, 6.07) is 15.2. The van der Waals surface area contributed by atoms with Crippen LogP contribution >= 0.6 is 0 Å². The summed E-state index contributed by atoms with van der Waals surface area (Å²) in [5, 5.41) is 3.00. The van der Waals surface area contributed by atoms with Crippen LogP contribution in [-0.4, -0.2) is 23.8 Å². The number of amides is 1. The molecule has 1 amide bonds. The molecule has 0 bridgehead atoms. The van der Waals surface area contributed by atoms with Crippen molar-refractivity contribution in [3.05, 3.63) is 77.6 Å². The van der Waals surface area contributed by atoms with Crippen LogP contribution in [-0.2, 0) is 16.6 Å². The number of rotatable bonds is 5. The van der Waals surface area contributed by atoms with Crippen molar-refractivity contribution in [3.63, 3.8) is 0 Å². The number of carbonyl (C=O) groups excluding carboxylic acids is 2. The molecule has 29 heavy (non-hydrogen) atoms. The molecular formula is C24H22N2O3. The normalized spacial score (nSPS) is 17.6. The smallest absolute Gasteiger partial charge is 0.235 e. The van der Waals surface area contributed by atoms with Crippen molar-refractivity contribution in [2.45, 2.75) is 25.7 Å². The topological polar surface area (TPSA) is 68.3 Å². The Morgan fingerprint density at radius 2 is 1.97 bits per heavy atom. The summed E-state index contributed by atoms with van der Waals surface area (Å²) >= 11 is 0. The van der Waals surface area contributed by atoms with Crippen molar-refractivity contribution < 1.29 is 14.3 Å². The molecule has 0 aliphatic carbocycles. The van der Waals surface area contributed by atoms with Crippen molar-refractivity contribution in [2.24, 2.45) is 0 Å². The first-order valence-corrected chi connectivity index (χ1v) is 9.46. The molecule has 0 saturated carbocycles. The predicted octanol–water partition coefficient (Wildman–Crippen LogP) is 4.41. The fraction of sp³-hybridized carbons (Fsp3) is 0.208. The number of benzene rings is 2. The van der Waals surface area contributed by atoms with E-state index in [-0.39, 0.29) is 11.7 Å². The number of anilines is 1. The lowest BCUT2D eigenvalue weighted by molar-refractivity contribution is -0.120. The van der Waals surface area contributed by atoms with Gasteiger partial charge in [0.05, 0.1) is 12.5 Å². The Kier molecular flexibility index (Phi) is 4.66. The maximum absolute atomic E-state index is 13.0. The number of aromatic nitrogens is 1. The summed E-state index contributed by atoms with van der Waals surface area (Å²) in [7, 11) is 1.60. The van der Waals surface area contributed by atoms with Crippen LogP contribution in [0.1, 0.15) is 35.3 Å². The lowest BCUT2D eigenvalue weighted by atomic mass is 9.77. The maximum atomic E-state index is 13.0. The molecule has 5 heteroatoms. The van der Waals surface area contributed by atoms with Crippen molar-refractivity contribution in [1.29, 1.82) is 0 Å². The number of nitrogens with one attached hydrogen (secondary N) is 1. The number of hydrogen-bond donors (Lipinski definition) is 1. The average molecular weight is 386 g/mol. The molecule has 0 spiro atoms. The van der Waals surface area contributed by atoms with Gasteiger partial charge in [-0.25, -0.2) is 0 Å². The van der Waals surface area contributed by atoms with E-state index in [0.717, 1.165) is 27.9 Å². The highest BCUT2D eigenvalue weighted by Crippen LogP contribution is 2.43. The molecule has 1 atom stereocenters. The van der Waals surface area contributed by atoms with Gasteiger partial charge in [-0.3, -0.25) is 14.6 Å². The second-order valence-corrected chi connectivity index (χ2v) is 7.55. The highest BCUT2D eigenvalue weighted by molar-refractivity contribution is 6.06. The zero-order chi connectivity index (χ0) is 20.6. The van der Waals surface area contributed by atoms with Gasteiger partial charge in [-0.1, -0.05) is 12.1 Å². The zero-order valence-corrected chi connectivity index (χ0v) is 16.7. The van der Waals surface area contributed by atoms with Gasteiger partial charge in [0.1, 0.15) is 5.75 Å². The molecule has 2 aromatic carbocycles. The number of hydrogen-bond acceptors (Lipinski definition) is 4. The molecule has 1 aliphatic heterocycles. The quantitative estimate of drug-likeness (QED) is 0.660. The van der Waals surface area contributed by atoms with Gasteiger partial charge in [-0.05, 0) is 78.9 Å². The maximum Gasteiger partial charge on any atom is 0.235 e. The minimum atomic E-state index is -0.782. The number of nitrogens with zero attached hydrogens (tertiary/aromatic N) is 1. The van der Waals surface area contributed by atoms with E-state index in [4.69, 9.17) is 4.74 Å². The Hall–Kier alpha value is -3.47. The standard InChI is InChI=1S/C24H22N2O3/c1-15(27)16-7-9-22(29-3)19(11-16)13-24(2)20-12-17(18-5-4-10-25-14-18)6-8-21(20)26-23(24)28/h4-12,14H,13H2,1-3H3,(H,26,28). The van der Waals surface area contributed by atoms with Crippen LogP contribution in [0.4, 0.5) is 5.69 Å². The van der Waals surface area contributed by atoms with Crippen molar-refractivity contribution in [2.75, 3.05) is 12.4 Å². The molecule has 1 aliphatic rings. The number of ether oxygens (including phenoxy) is 1. The van der Waals surface area contributed by atoms with Gasteiger partial charge in [0, 0.05) is 23.6 Å². The third-order valence-corrected chi connectivity index (χ3v) is 5.59. The van der Waals surface area contributed by atoms with E-state index in [2.05, 4.69) is 10.3 Å². The molecule has 146 valence electrons. The van der Waals surface area contributed by atoms with Gasteiger partial charge in [0.2, 0.25) is 5.91 Å². The first-order chi connectivity index (χ1) is 13.9. The average Bonchev–Trinajstić information content (AvgIpc) is 2.98. The number of methoxy groups -OCH3 is 1. The third kappa shape index (κ3) is 3.29. The number of fused-ring (bicyclic) bond motifs is 1. The summed E-state index contributed by atoms with van der Waals surface area (Å²) in [5.74, 6) is 0.584. The summed E-state index contributed by atoms with van der Waals surface area (Å²) in [6.45, 7) is 3.46. The van der Waals surface area contributed by atoms with Crippen LogP contribution in [0, 0.1) is 0 Å². The molecule has 3 aromatic rings. The highest BCUT2D eigenvalue weighted by atomic mass is 16.5. The van der Waals surface area contributed by atoms with Crippen molar-refractivity contribution in [3.8, 4) is 16.9 Å². The molecule has 0 radical (unpaired) electrons. The van der Waals surface area contributed by atoms with Gasteiger partial charge < -0.3 is 10.1 Å². The van der Waals surface area contributed by atoms with E-state index in [1.807, 2.05) is 49.5 Å². The predicted molar refractivity (Wildman–Crippen MR) is 112 cm³/mol. The van der Waals surface area contributed by atoms with Gasteiger partial charge in [0.25, 0.3) is 0 Å². The summed E-state index contributed by atoms with van der Waals surface area (Å²) < 4.78 is 5.50. The van der Waals surface area contributed by atoms with Crippen LogP contribution in [0.25, 0.3) is 11.1 Å². The Morgan fingerprint density at radius 1 is 1.14 bits per heavy atom. The minimum Gasteiger partial charge on any atom is -0.496 e. The minimum absolute atomic E-state index is 0.0193. The van der Waals surface area contributed by atoms with Gasteiger partial charge >= 0.3 is 0 Å². The zero-order valence-electron chi connectivity index (χ0n) is 16.7. The first kappa shape index (κ1) is 18.9. The van der Waals surface area contributed by atoms with E-state index in [9.17, 15) is 9.59 Å². The van der Waals surface area contributed by atoms with Gasteiger partial charge in [-0.15, -0.1) is 0 Å². The van der Waals surface area contributed by atoms with Crippen LogP contribution in [0.15, 0.2) is 60.9 Å². The Bertz CT molecular complexity index is 1110. The largest absolute Gasteiger partial charge is 0.496 e. The first-order valence-electron chi connectivity index (χ1n) is 9.46. The van der Waals surface area contributed by atoms with E-state index < -0.39 is 5.41 Å². The van der Waals surface area contributed by atoms with Crippen molar-refractivity contribution in [1.82, 2.24) is 4.98 Å². The second kappa shape index (κ2) is 7.17. The SMILES string of the molecule is COc1ccc(C(C)=O)cc1CC1(C)C(=O)Nc2ccc(-c3cccnc3)cc21. The number of ketones is 1. The molecule has 2 heterocycles. The Labute approximate surface area is 169 Å². The van der Waals surface area contributed by atoms with Crippen LogP contribution in [0.2, 0.25) is 0 Å². The Balaban J connectivity index is 1.79. The second-order valence-electron chi connectivity index (χ2n) is 7.55. The molecule has 4 rings (SSSR count). The van der Waals surface area contributed by atoms with Crippen LogP contribution in [0.5, 0.6) is 5.75 Å². The number of carbonyl (C=O) groups is 2. The Morgan fingerprint density at radius 3 is 2.66 bits per heavy atom. The van der Waals surface area contributed by atoms with E-state index in [0.29, 0.717) is 17.7 Å². The molecule has 1 aromatic heterocycles. The lowest BCUT2D eigenvalue weighted by Gasteiger charge is -2.24. The summed E-state index contributed by atoms with van der Waals surface area (Å²) in [4.78, 5) is 29.0. The summed E-state index contributed by atoms with van der Waals surface area (Å²) in [6.07, 6.45) is 3.97. The van der Waals surface area contributed by atoms with Crippen molar-refractivity contribution >= 4 is 17.4 Å². The fourth-order valence-corrected chi connectivity index (χ4v) is 3.90. The number of Topliss-reactive ketones (excluding diaryl/α,β-unsaturated/α-hetero) is 1. The molecular weight excluding hydrogens is 364 g/mol. The third-order valence-electron chi connectivity index (χ3n) is 5.59. The van der Waals surface area contributed by atoms with E-state index >= 15 is 0 Å². The van der Waals surface area contributed by atoms with Crippen LogP contribution < -0.4 is 10.1 Å². The lowest BCUT2D eigenvalue weighted by Crippen LogP contribution is -2.33. The van der Waals surface area contributed by atoms with E-state index in [1.165, 1.54) is 6.92 Å². The molecule has 0 saturated heterocycles.